The van der Waals surface area contributed by atoms with E-state index in [2.05, 4.69) is 32.2 Å². The largest absolute Gasteiger partial charge is 0.346 e. The summed E-state index contributed by atoms with van der Waals surface area (Å²) in [6, 6.07) is 4.16. The van der Waals surface area contributed by atoms with Crippen molar-refractivity contribution in [1.82, 2.24) is 19.9 Å². The number of halogens is 2. The summed E-state index contributed by atoms with van der Waals surface area (Å²) in [6.07, 6.45) is 8.56. The predicted octanol–water partition coefficient (Wildman–Crippen LogP) is 3.82. The van der Waals surface area contributed by atoms with Gasteiger partial charge < -0.3 is 14.9 Å². The number of carbonyl (C=O) groups excluding carboxylic acids is 1. The molecule has 8 heteroatoms. The number of aromatic nitrogens is 2. The Bertz CT molecular complexity index is 1120. The zero-order chi connectivity index (χ0) is 21.5. The summed E-state index contributed by atoms with van der Waals surface area (Å²) in [5.74, 6) is -1.79. The van der Waals surface area contributed by atoms with Crippen LogP contribution in [-0.4, -0.2) is 45.7 Å². The van der Waals surface area contributed by atoms with Crippen molar-refractivity contribution < 1.29 is 13.6 Å². The molecule has 31 heavy (non-hydrogen) atoms. The van der Waals surface area contributed by atoms with E-state index < -0.39 is 17.6 Å². The molecule has 0 radical (unpaired) electrons. The van der Waals surface area contributed by atoms with E-state index in [0.29, 0.717) is 13.0 Å². The summed E-state index contributed by atoms with van der Waals surface area (Å²) < 4.78 is 30.0. The first-order valence-corrected chi connectivity index (χ1v) is 10.8. The molecule has 1 fully saturated rings. The van der Waals surface area contributed by atoms with Crippen LogP contribution in [0.25, 0.3) is 10.9 Å². The number of pyridine rings is 1. The number of carbonyl (C=O) groups is 1. The van der Waals surface area contributed by atoms with Crippen molar-refractivity contribution in [1.29, 1.82) is 0 Å². The van der Waals surface area contributed by atoms with Crippen LogP contribution in [0.3, 0.4) is 0 Å². The summed E-state index contributed by atoms with van der Waals surface area (Å²) >= 11 is 0. The van der Waals surface area contributed by atoms with Crippen molar-refractivity contribution in [3.63, 3.8) is 0 Å². The highest BCUT2D eigenvalue weighted by atomic mass is 19.2. The van der Waals surface area contributed by atoms with E-state index in [1.165, 1.54) is 6.08 Å². The fourth-order valence-corrected chi connectivity index (χ4v) is 4.85. The molecule has 1 amide bonds. The molecule has 0 spiro atoms. The maximum atomic E-state index is 14.2. The number of rotatable bonds is 4. The van der Waals surface area contributed by atoms with Gasteiger partial charge in [0, 0.05) is 49.9 Å². The summed E-state index contributed by atoms with van der Waals surface area (Å²) in [6.45, 7) is 4.01. The first kappa shape index (κ1) is 19.9. The van der Waals surface area contributed by atoms with E-state index >= 15 is 0 Å². The van der Waals surface area contributed by atoms with Crippen LogP contribution in [0.15, 0.2) is 52.9 Å². The van der Waals surface area contributed by atoms with Gasteiger partial charge in [-0.1, -0.05) is 6.08 Å². The lowest BCUT2D eigenvalue weighted by atomic mass is 10.0. The third-order valence-corrected chi connectivity index (χ3v) is 6.51. The van der Waals surface area contributed by atoms with Gasteiger partial charge >= 0.3 is 0 Å². The van der Waals surface area contributed by atoms with Crippen molar-refractivity contribution in [2.24, 2.45) is 11.0 Å². The molecule has 3 aliphatic rings. The number of amides is 1. The zero-order valence-electron chi connectivity index (χ0n) is 17.4. The standard InChI is InChI=1S/C23H25F2N5O/c1-14-7-15(13-30(14)23(31)18-3-2-4-19(24)22(18)25)12-29-6-5-16-8-20(26-11-21(16)29)17-9-27-28-10-17/h3,5-6,8-9,11,14-15,17,28H,2,4,7,10,12-13H2,1H3/t14-,15-,17?/m0/s1. The van der Waals surface area contributed by atoms with Crippen LogP contribution >= 0.6 is 0 Å². The monoisotopic (exact) mass is 425 g/mol. The lowest BCUT2D eigenvalue weighted by Gasteiger charge is -2.23. The summed E-state index contributed by atoms with van der Waals surface area (Å²) in [5, 5.41) is 5.19. The highest BCUT2D eigenvalue weighted by molar-refractivity contribution is 5.98. The van der Waals surface area contributed by atoms with E-state index in [9.17, 15) is 13.6 Å². The molecular weight excluding hydrogens is 400 g/mol. The molecule has 4 heterocycles. The Morgan fingerprint density at radius 2 is 2.23 bits per heavy atom. The fourth-order valence-electron chi connectivity index (χ4n) is 4.85. The second-order valence-electron chi connectivity index (χ2n) is 8.67. The van der Waals surface area contributed by atoms with Crippen molar-refractivity contribution in [2.45, 2.75) is 44.7 Å². The minimum atomic E-state index is -0.993. The molecule has 1 N–H and O–H groups in total. The molecule has 162 valence electrons. The van der Waals surface area contributed by atoms with Gasteiger partial charge in [-0.05, 0) is 37.8 Å². The molecule has 5 rings (SSSR count). The number of nitrogens with one attached hydrogen (secondary N) is 1. The van der Waals surface area contributed by atoms with Crippen LogP contribution in [0.5, 0.6) is 0 Å². The van der Waals surface area contributed by atoms with Crippen LogP contribution < -0.4 is 5.43 Å². The van der Waals surface area contributed by atoms with Crippen LogP contribution in [-0.2, 0) is 11.3 Å². The molecule has 3 atom stereocenters. The van der Waals surface area contributed by atoms with E-state index in [1.54, 1.807) is 4.90 Å². The van der Waals surface area contributed by atoms with E-state index in [1.807, 2.05) is 25.5 Å². The predicted molar refractivity (Wildman–Crippen MR) is 115 cm³/mol. The lowest BCUT2D eigenvalue weighted by Crippen LogP contribution is -2.35. The third kappa shape index (κ3) is 3.64. The summed E-state index contributed by atoms with van der Waals surface area (Å²) in [7, 11) is 0. The number of fused-ring (bicyclic) bond motifs is 1. The minimum absolute atomic E-state index is 0.0168. The van der Waals surface area contributed by atoms with Crippen LogP contribution in [0.1, 0.15) is 37.8 Å². The van der Waals surface area contributed by atoms with Crippen molar-refractivity contribution >= 4 is 23.0 Å². The fraction of sp³-hybridized carbons (Fsp3) is 0.435. The normalized spacial score (nSPS) is 26.0. The second-order valence-corrected chi connectivity index (χ2v) is 8.67. The first-order chi connectivity index (χ1) is 15.0. The number of allylic oxidation sites excluding steroid dienone is 2. The van der Waals surface area contributed by atoms with E-state index in [4.69, 9.17) is 0 Å². The van der Waals surface area contributed by atoms with Gasteiger partial charge in [0.25, 0.3) is 5.91 Å². The van der Waals surface area contributed by atoms with E-state index in [0.717, 1.165) is 36.1 Å². The van der Waals surface area contributed by atoms with Gasteiger partial charge in [-0.15, -0.1) is 0 Å². The molecule has 2 aromatic rings. The van der Waals surface area contributed by atoms with Crippen molar-refractivity contribution in [3.05, 3.63) is 53.5 Å². The molecule has 2 aromatic heterocycles. The van der Waals surface area contributed by atoms with Crippen molar-refractivity contribution in [3.8, 4) is 0 Å². The van der Waals surface area contributed by atoms with Gasteiger partial charge in [0.2, 0.25) is 0 Å². The van der Waals surface area contributed by atoms with Gasteiger partial charge in [-0.3, -0.25) is 9.78 Å². The molecule has 2 aliphatic heterocycles. The van der Waals surface area contributed by atoms with Gasteiger partial charge in [-0.25, -0.2) is 8.78 Å². The number of nitrogens with zero attached hydrogens (tertiary/aromatic N) is 4. The van der Waals surface area contributed by atoms with Crippen LogP contribution in [0.2, 0.25) is 0 Å². The smallest absolute Gasteiger partial charge is 0.256 e. The summed E-state index contributed by atoms with van der Waals surface area (Å²) in [4.78, 5) is 19.2. The molecule has 0 aromatic carbocycles. The van der Waals surface area contributed by atoms with Gasteiger partial charge in [-0.2, -0.15) is 5.10 Å². The molecule has 1 unspecified atom stereocenters. The second kappa shape index (κ2) is 7.90. The van der Waals surface area contributed by atoms with Gasteiger partial charge in [0.15, 0.2) is 5.83 Å². The topological polar surface area (TPSA) is 62.5 Å². The summed E-state index contributed by atoms with van der Waals surface area (Å²) in [5.41, 5.74) is 4.88. The first-order valence-electron chi connectivity index (χ1n) is 10.8. The number of likely N-dealkylation sites (tertiary alicyclic amines) is 1. The number of hydrazone groups is 1. The minimum Gasteiger partial charge on any atom is -0.346 e. The molecule has 0 bridgehead atoms. The molecule has 6 nitrogen and oxygen atoms in total. The number of hydrogen-bond donors (Lipinski definition) is 1. The quantitative estimate of drug-likeness (QED) is 0.810. The van der Waals surface area contributed by atoms with Crippen LogP contribution in [0.4, 0.5) is 8.78 Å². The molecule has 1 aliphatic carbocycles. The van der Waals surface area contributed by atoms with Gasteiger partial charge in [0.1, 0.15) is 5.83 Å². The zero-order valence-corrected chi connectivity index (χ0v) is 17.4. The Morgan fingerprint density at radius 1 is 1.35 bits per heavy atom. The molecule has 1 saturated heterocycles. The lowest BCUT2D eigenvalue weighted by molar-refractivity contribution is -0.127. The van der Waals surface area contributed by atoms with Gasteiger partial charge in [0.05, 0.1) is 28.9 Å². The highest BCUT2D eigenvalue weighted by Gasteiger charge is 2.36. The highest BCUT2D eigenvalue weighted by Crippen LogP contribution is 2.33. The Labute approximate surface area is 179 Å². The third-order valence-electron chi connectivity index (χ3n) is 6.51. The SMILES string of the molecule is C[C@H]1C[C@@H](Cn2ccc3cc(C4C=NNC4)ncc32)CN1C(=O)C1=CCCC(F)=C1F. The van der Waals surface area contributed by atoms with E-state index in [-0.39, 0.29) is 29.9 Å². The average Bonchev–Trinajstić information content (AvgIpc) is 3.50. The Balaban J connectivity index is 1.30. The number of hydrogen-bond acceptors (Lipinski definition) is 4. The average molecular weight is 425 g/mol. The maximum absolute atomic E-state index is 14.2. The molecular formula is C23H25F2N5O. The Morgan fingerprint density at radius 3 is 3.03 bits per heavy atom. The van der Waals surface area contributed by atoms with Crippen molar-refractivity contribution in [2.75, 3.05) is 13.1 Å². The van der Waals surface area contributed by atoms with Crippen LogP contribution in [0, 0.1) is 5.92 Å². The molecule has 0 saturated carbocycles. The Kier molecular flexibility index (Phi) is 5.08. The Hall–Kier alpha value is -3.03. The maximum Gasteiger partial charge on any atom is 0.256 e.